The molecule has 0 aliphatic carbocycles. The Morgan fingerprint density at radius 1 is 1.10 bits per heavy atom. The fourth-order valence-electron chi connectivity index (χ4n) is 4.33. The Morgan fingerprint density at radius 2 is 1.77 bits per heavy atom. The summed E-state index contributed by atoms with van der Waals surface area (Å²) in [6.07, 6.45) is 0. The standard InChI is InChI=1S/C22H22N2O6/c1-3-30-14-6-4-5-13(19(14)25)17-15-16(18(23-17)22(28)29)21(27)24(20(15)26)12-9-7-11(2)8-10-12/h4-10,15-18,23,25H,3H2,1-2H3,(H,28,29)/t15-,16-,17+,18+/m1/s1. The number of para-hydroxylation sites is 1. The molecule has 0 saturated carbocycles. The number of amides is 2. The van der Waals surface area contributed by atoms with Gasteiger partial charge in [-0.25, -0.2) is 4.90 Å². The van der Waals surface area contributed by atoms with Gasteiger partial charge in [-0.3, -0.25) is 19.7 Å². The molecule has 0 radical (unpaired) electrons. The van der Waals surface area contributed by atoms with E-state index in [0.29, 0.717) is 17.9 Å². The van der Waals surface area contributed by atoms with Crippen LogP contribution in [0, 0.1) is 18.8 Å². The molecule has 0 spiro atoms. The first-order chi connectivity index (χ1) is 14.3. The second-order valence-electron chi connectivity index (χ2n) is 7.49. The van der Waals surface area contributed by atoms with Crippen LogP contribution >= 0.6 is 0 Å². The highest BCUT2D eigenvalue weighted by molar-refractivity contribution is 6.23. The van der Waals surface area contributed by atoms with Gasteiger partial charge >= 0.3 is 5.97 Å². The van der Waals surface area contributed by atoms with E-state index in [1.165, 1.54) is 0 Å². The molecule has 4 rings (SSSR count). The molecule has 8 heteroatoms. The van der Waals surface area contributed by atoms with Gasteiger partial charge in [0.1, 0.15) is 6.04 Å². The van der Waals surface area contributed by atoms with Crippen LogP contribution in [0.3, 0.4) is 0 Å². The first-order valence-electron chi connectivity index (χ1n) is 9.73. The van der Waals surface area contributed by atoms with Crippen LogP contribution < -0.4 is 15.0 Å². The number of nitrogens with zero attached hydrogens (tertiary/aromatic N) is 1. The van der Waals surface area contributed by atoms with E-state index in [-0.39, 0.29) is 11.5 Å². The molecule has 2 saturated heterocycles. The van der Waals surface area contributed by atoms with Gasteiger partial charge in [0.05, 0.1) is 24.1 Å². The number of hydrogen-bond donors (Lipinski definition) is 3. The fourth-order valence-corrected chi connectivity index (χ4v) is 4.33. The maximum atomic E-state index is 13.3. The molecule has 2 aliphatic heterocycles. The number of carbonyl (C=O) groups is 3. The highest BCUT2D eigenvalue weighted by atomic mass is 16.5. The molecule has 156 valence electrons. The summed E-state index contributed by atoms with van der Waals surface area (Å²) in [5.41, 5.74) is 1.70. The van der Waals surface area contributed by atoms with Crippen molar-refractivity contribution in [2.24, 2.45) is 11.8 Å². The predicted molar refractivity (Wildman–Crippen MR) is 107 cm³/mol. The molecular formula is C22H22N2O6. The fraction of sp³-hybridized carbons (Fsp3) is 0.318. The number of rotatable bonds is 5. The van der Waals surface area contributed by atoms with Gasteiger partial charge in [0.25, 0.3) is 0 Å². The Hall–Kier alpha value is -3.39. The maximum absolute atomic E-state index is 13.3. The van der Waals surface area contributed by atoms with Crippen molar-refractivity contribution in [3.8, 4) is 11.5 Å². The highest BCUT2D eigenvalue weighted by Gasteiger charge is 2.61. The highest BCUT2D eigenvalue weighted by Crippen LogP contribution is 2.48. The van der Waals surface area contributed by atoms with Gasteiger partial charge in [0.15, 0.2) is 11.5 Å². The van der Waals surface area contributed by atoms with Crippen molar-refractivity contribution in [2.45, 2.75) is 25.9 Å². The summed E-state index contributed by atoms with van der Waals surface area (Å²) in [7, 11) is 0. The second-order valence-corrected chi connectivity index (χ2v) is 7.49. The molecule has 2 aromatic carbocycles. The molecule has 3 N–H and O–H groups in total. The minimum absolute atomic E-state index is 0.171. The summed E-state index contributed by atoms with van der Waals surface area (Å²) in [5, 5.41) is 23.2. The summed E-state index contributed by atoms with van der Waals surface area (Å²) in [4.78, 5) is 39.4. The number of nitrogens with one attached hydrogen (secondary N) is 1. The quantitative estimate of drug-likeness (QED) is 0.646. The molecule has 0 aromatic heterocycles. The number of benzene rings is 2. The van der Waals surface area contributed by atoms with Gasteiger partial charge in [0, 0.05) is 11.6 Å². The molecule has 2 fully saturated rings. The number of aliphatic carboxylic acids is 1. The van der Waals surface area contributed by atoms with Gasteiger partial charge in [-0.15, -0.1) is 0 Å². The molecule has 2 heterocycles. The molecule has 2 aliphatic rings. The summed E-state index contributed by atoms with van der Waals surface area (Å²) >= 11 is 0. The van der Waals surface area contributed by atoms with Gasteiger partial charge in [-0.2, -0.15) is 0 Å². The number of phenolic OH excluding ortho intramolecular Hbond substituents is 1. The molecule has 2 aromatic rings. The zero-order chi connectivity index (χ0) is 21.6. The topological polar surface area (TPSA) is 116 Å². The number of hydrogen-bond acceptors (Lipinski definition) is 6. The van der Waals surface area contributed by atoms with E-state index < -0.39 is 41.7 Å². The number of phenols is 1. The monoisotopic (exact) mass is 410 g/mol. The Bertz CT molecular complexity index is 1020. The lowest BCUT2D eigenvalue weighted by Gasteiger charge is -2.22. The van der Waals surface area contributed by atoms with Crippen LogP contribution in [0.15, 0.2) is 42.5 Å². The molecule has 0 bridgehead atoms. The van der Waals surface area contributed by atoms with Crippen molar-refractivity contribution >= 4 is 23.5 Å². The molecule has 8 nitrogen and oxygen atoms in total. The zero-order valence-electron chi connectivity index (χ0n) is 16.5. The average molecular weight is 410 g/mol. The first kappa shape index (κ1) is 19.9. The number of aromatic hydroxyl groups is 1. The number of carboxylic acids is 1. The van der Waals surface area contributed by atoms with Gasteiger partial charge in [-0.05, 0) is 32.0 Å². The zero-order valence-corrected chi connectivity index (χ0v) is 16.5. The van der Waals surface area contributed by atoms with Gasteiger partial charge < -0.3 is 14.9 Å². The maximum Gasteiger partial charge on any atom is 0.321 e. The molecular weight excluding hydrogens is 388 g/mol. The average Bonchev–Trinajstić information content (AvgIpc) is 3.22. The van der Waals surface area contributed by atoms with E-state index in [0.717, 1.165) is 10.5 Å². The van der Waals surface area contributed by atoms with E-state index in [4.69, 9.17) is 4.74 Å². The van der Waals surface area contributed by atoms with Crippen molar-refractivity contribution in [1.82, 2.24) is 5.32 Å². The lowest BCUT2D eigenvalue weighted by Crippen LogP contribution is -2.43. The third-order valence-electron chi connectivity index (χ3n) is 5.70. The SMILES string of the molecule is CCOc1cccc([C@@H]2N[C@H](C(=O)O)[C@@H]3C(=O)N(c4ccc(C)cc4)C(=O)[C@H]32)c1O. The van der Waals surface area contributed by atoms with Crippen LogP contribution in [0.4, 0.5) is 5.69 Å². The molecule has 4 atom stereocenters. The molecule has 0 unspecified atom stereocenters. The largest absolute Gasteiger partial charge is 0.504 e. The minimum Gasteiger partial charge on any atom is -0.504 e. The van der Waals surface area contributed by atoms with Crippen LogP contribution in [0.25, 0.3) is 0 Å². The third kappa shape index (κ3) is 3.00. The normalized spacial score (nSPS) is 25.5. The number of imide groups is 1. The number of carboxylic acid groups (broad SMARTS) is 1. The molecule has 30 heavy (non-hydrogen) atoms. The lowest BCUT2D eigenvalue weighted by molar-refractivity contribution is -0.142. The third-order valence-corrected chi connectivity index (χ3v) is 5.70. The summed E-state index contributed by atoms with van der Waals surface area (Å²) in [6, 6.07) is 9.65. The summed E-state index contributed by atoms with van der Waals surface area (Å²) in [6.45, 7) is 3.99. The number of anilines is 1. The minimum atomic E-state index is -1.25. The number of carbonyl (C=O) groups excluding carboxylic acids is 2. The van der Waals surface area contributed by atoms with Crippen LogP contribution in [-0.4, -0.2) is 40.6 Å². The molecule has 2 amide bonds. The van der Waals surface area contributed by atoms with E-state index in [9.17, 15) is 24.6 Å². The Morgan fingerprint density at radius 3 is 2.40 bits per heavy atom. The summed E-state index contributed by atoms with van der Waals surface area (Å²) in [5.74, 6) is -4.23. The van der Waals surface area contributed by atoms with E-state index >= 15 is 0 Å². The number of aryl methyl sites for hydroxylation is 1. The van der Waals surface area contributed by atoms with Crippen molar-refractivity contribution in [3.63, 3.8) is 0 Å². The van der Waals surface area contributed by atoms with E-state index in [1.54, 1.807) is 49.4 Å². The van der Waals surface area contributed by atoms with Crippen LogP contribution in [-0.2, 0) is 14.4 Å². The summed E-state index contributed by atoms with van der Waals surface area (Å²) < 4.78 is 5.42. The Labute approximate surface area is 173 Å². The Balaban J connectivity index is 1.78. The number of fused-ring (bicyclic) bond motifs is 1. The van der Waals surface area contributed by atoms with Crippen LogP contribution in [0.2, 0.25) is 0 Å². The van der Waals surface area contributed by atoms with Crippen LogP contribution in [0.5, 0.6) is 11.5 Å². The van der Waals surface area contributed by atoms with Gasteiger partial charge in [-0.1, -0.05) is 29.8 Å². The van der Waals surface area contributed by atoms with Crippen LogP contribution in [0.1, 0.15) is 24.1 Å². The van der Waals surface area contributed by atoms with Crippen molar-refractivity contribution in [2.75, 3.05) is 11.5 Å². The Kier molecular flexibility index (Phi) is 4.95. The van der Waals surface area contributed by atoms with Crippen molar-refractivity contribution in [3.05, 3.63) is 53.6 Å². The smallest absolute Gasteiger partial charge is 0.321 e. The lowest BCUT2D eigenvalue weighted by atomic mass is 9.86. The van der Waals surface area contributed by atoms with E-state index in [2.05, 4.69) is 5.32 Å². The van der Waals surface area contributed by atoms with Gasteiger partial charge in [0.2, 0.25) is 11.8 Å². The second kappa shape index (κ2) is 7.46. The van der Waals surface area contributed by atoms with Crippen molar-refractivity contribution < 1.29 is 29.3 Å². The van der Waals surface area contributed by atoms with Crippen molar-refractivity contribution in [1.29, 1.82) is 0 Å². The first-order valence-corrected chi connectivity index (χ1v) is 9.73. The van der Waals surface area contributed by atoms with E-state index in [1.807, 2.05) is 6.92 Å². The predicted octanol–water partition coefficient (Wildman–Crippen LogP) is 2.00. The number of ether oxygens (including phenoxy) is 1.